The van der Waals surface area contributed by atoms with Crippen molar-refractivity contribution in [3.63, 3.8) is 0 Å². The average Bonchev–Trinajstić information content (AvgIpc) is 2.52. The highest BCUT2D eigenvalue weighted by Crippen LogP contribution is 2.32. The Kier molecular flexibility index (Phi) is 5.47. The van der Waals surface area contributed by atoms with Gasteiger partial charge < -0.3 is 5.21 Å². The summed E-state index contributed by atoms with van der Waals surface area (Å²) in [4.78, 5) is 20.8. The highest BCUT2D eigenvalue weighted by atomic mass is 32.2. The second-order valence-electron chi connectivity index (χ2n) is 4.64. The van der Waals surface area contributed by atoms with Gasteiger partial charge in [-0.2, -0.15) is 4.73 Å². The molecule has 0 spiro atoms. The first-order valence-corrected chi connectivity index (χ1v) is 7.70. The third-order valence-electron chi connectivity index (χ3n) is 3.09. The number of nitrogens with zero attached hydrogens (tertiary/aromatic N) is 3. The average molecular weight is 335 g/mol. The molecule has 1 aromatic heterocycles. The van der Waals surface area contributed by atoms with Crippen molar-refractivity contribution < 1.29 is 14.6 Å². The van der Waals surface area contributed by atoms with Crippen LogP contribution in [0, 0.1) is 25.4 Å². The molecule has 0 bridgehead atoms. The van der Waals surface area contributed by atoms with Gasteiger partial charge in [0.2, 0.25) is 0 Å². The molecule has 2 rings (SSSR count). The predicted octanol–water partition coefficient (Wildman–Crippen LogP) is 2.86. The molecule has 1 heterocycles. The molecule has 0 saturated carbocycles. The summed E-state index contributed by atoms with van der Waals surface area (Å²) in [6.07, 6.45) is 2.63. The summed E-state index contributed by atoms with van der Waals surface area (Å²) >= 11 is 1.25. The summed E-state index contributed by atoms with van der Waals surface area (Å²) in [5, 5.41) is 33.2. The van der Waals surface area contributed by atoms with Gasteiger partial charge >= 0.3 is 0 Å². The second-order valence-corrected chi connectivity index (χ2v) is 5.77. The topological polar surface area (TPSA) is 113 Å². The smallest absolute Gasteiger partial charge is 0.289 e. The molecule has 23 heavy (non-hydrogen) atoms. The molecule has 0 fully saturated rings. The van der Waals surface area contributed by atoms with Crippen molar-refractivity contribution in [1.82, 2.24) is 0 Å². The Morgan fingerprint density at radius 2 is 1.87 bits per heavy atom. The molecule has 0 saturated heterocycles. The monoisotopic (exact) mass is 335 g/mol. The van der Waals surface area contributed by atoms with E-state index < -0.39 is 9.85 Å². The van der Waals surface area contributed by atoms with E-state index in [1.807, 2.05) is 0 Å². The first-order valence-electron chi connectivity index (χ1n) is 6.71. The van der Waals surface area contributed by atoms with Crippen LogP contribution in [0.1, 0.15) is 12.1 Å². The Balaban J connectivity index is 1.99. The van der Waals surface area contributed by atoms with Crippen molar-refractivity contribution in [3.8, 4) is 0 Å². The van der Waals surface area contributed by atoms with Crippen LogP contribution in [-0.4, -0.2) is 15.6 Å². The standard InChI is InChI=1S/C14H13N3O5S/c18-15-8-2-1-4-11(15)5-3-9-23-14-7-6-12(16(19)20)10-13(14)17(21)22/h1-2,4,6-8,10H,3,5,9H2. The van der Waals surface area contributed by atoms with E-state index >= 15 is 0 Å². The van der Waals surface area contributed by atoms with Gasteiger partial charge in [-0.25, -0.2) is 0 Å². The lowest BCUT2D eigenvalue weighted by molar-refractivity contribution is -0.614. The third-order valence-corrected chi connectivity index (χ3v) is 4.24. The zero-order valence-corrected chi connectivity index (χ0v) is 12.8. The van der Waals surface area contributed by atoms with Crippen LogP contribution in [0.4, 0.5) is 11.4 Å². The van der Waals surface area contributed by atoms with Crippen molar-refractivity contribution in [3.05, 3.63) is 73.7 Å². The number of hydrogen-bond donors (Lipinski definition) is 0. The normalized spacial score (nSPS) is 10.4. The van der Waals surface area contributed by atoms with Gasteiger partial charge in [0.1, 0.15) is 0 Å². The fourth-order valence-corrected chi connectivity index (χ4v) is 2.93. The molecule has 8 nitrogen and oxygen atoms in total. The first-order chi connectivity index (χ1) is 11.0. The first kappa shape index (κ1) is 16.7. The second kappa shape index (κ2) is 7.54. The van der Waals surface area contributed by atoms with Crippen LogP contribution in [0.5, 0.6) is 0 Å². The van der Waals surface area contributed by atoms with Gasteiger partial charge in [0.15, 0.2) is 11.9 Å². The summed E-state index contributed by atoms with van der Waals surface area (Å²) in [6.45, 7) is 0. The summed E-state index contributed by atoms with van der Waals surface area (Å²) in [5.41, 5.74) is 0.0480. The minimum atomic E-state index is -0.663. The van der Waals surface area contributed by atoms with Crippen molar-refractivity contribution in [2.24, 2.45) is 0 Å². The Morgan fingerprint density at radius 1 is 1.09 bits per heavy atom. The van der Waals surface area contributed by atoms with E-state index in [1.54, 1.807) is 18.2 Å². The Bertz CT molecular complexity index is 738. The number of thioether (sulfide) groups is 1. The molecule has 2 aromatic rings. The van der Waals surface area contributed by atoms with Gasteiger partial charge in [0.05, 0.1) is 20.8 Å². The molecule has 9 heteroatoms. The molecular formula is C14H13N3O5S. The highest BCUT2D eigenvalue weighted by Gasteiger charge is 2.19. The Morgan fingerprint density at radius 3 is 2.52 bits per heavy atom. The zero-order chi connectivity index (χ0) is 16.8. The summed E-state index contributed by atoms with van der Waals surface area (Å²) in [6, 6.07) is 8.75. The zero-order valence-electron chi connectivity index (χ0n) is 12.0. The highest BCUT2D eigenvalue weighted by molar-refractivity contribution is 7.99. The number of pyridine rings is 1. The lowest BCUT2D eigenvalue weighted by atomic mass is 10.2. The molecule has 0 aliphatic rings. The van der Waals surface area contributed by atoms with Crippen LogP contribution >= 0.6 is 11.8 Å². The molecular weight excluding hydrogens is 322 g/mol. The van der Waals surface area contributed by atoms with Crippen LogP contribution in [0.15, 0.2) is 47.5 Å². The van der Waals surface area contributed by atoms with Gasteiger partial charge in [-0.15, -0.1) is 11.8 Å². The maximum absolute atomic E-state index is 11.5. The molecule has 1 aromatic carbocycles. The Labute approximate surface area is 135 Å². The van der Waals surface area contributed by atoms with Gasteiger partial charge in [0, 0.05) is 24.6 Å². The summed E-state index contributed by atoms with van der Waals surface area (Å²) in [7, 11) is 0. The van der Waals surface area contributed by atoms with Gasteiger partial charge in [-0.3, -0.25) is 20.2 Å². The van der Waals surface area contributed by atoms with Gasteiger partial charge in [-0.1, -0.05) is 6.07 Å². The van der Waals surface area contributed by atoms with Crippen molar-refractivity contribution in [2.45, 2.75) is 17.7 Å². The number of non-ortho nitro benzene ring substituents is 1. The van der Waals surface area contributed by atoms with E-state index in [4.69, 9.17) is 0 Å². The molecule has 0 N–H and O–H groups in total. The van der Waals surface area contributed by atoms with Gasteiger partial charge in [0.25, 0.3) is 11.4 Å². The lowest BCUT2D eigenvalue weighted by Crippen LogP contribution is -2.30. The van der Waals surface area contributed by atoms with E-state index in [2.05, 4.69) is 0 Å². The van der Waals surface area contributed by atoms with Crippen LogP contribution in [0.2, 0.25) is 0 Å². The number of rotatable bonds is 7. The van der Waals surface area contributed by atoms with E-state index in [1.165, 1.54) is 30.1 Å². The fraction of sp³-hybridized carbons (Fsp3) is 0.214. The number of hydrogen-bond acceptors (Lipinski definition) is 6. The number of aryl methyl sites for hydroxylation is 1. The van der Waals surface area contributed by atoms with Crippen molar-refractivity contribution in [1.29, 1.82) is 0 Å². The number of aromatic nitrogens is 1. The quantitative estimate of drug-likeness (QED) is 0.192. The van der Waals surface area contributed by atoms with Gasteiger partial charge in [-0.05, 0) is 18.2 Å². The molecule has 0 amide bonds. The van der Waals surface area contributed by atoms with E-state index in [0.29, 0.717) is 29.2 Å². The maximum atomic E-state index is 11.5. The molecule has 0 atom stereocenters. The largest absolute Gasteiger partial charge is 0.619 e. The lowest BCUT2D eigenvalue weighted by Gasteiger charge is -2.04. The third kappa shape index (κ3) is 4.39. The molecule has 120 valence electrons. The van der Waals surface area contributed by atoms with Crippen LogP contribution < -0.4 is 4.73 Å². The number of benzene rings is 1. The number of nitro benzene ring substituents is 2. The van der Waals surface area contributed by atoms with E-state index in [0.717, 1.165) is 10.8 Å². The maximum Gasteiger partial charge on any atom is 0.289 e. The summed E-state index contributed by atoms with van der Waals surface area (Å²) in [5.74, 6) is 0.563. The summed E-state index contributed by atoms with van der Waals surface area (Å²) < 4.78 is 0.791. The van der Waals surface area contributed by atoms with Crippen molar-refractivity contribution in [2.75, 3.05) is 5.75 Å². The minimum absolute atomic E-state index is 0.275. The molecule has 0 aliphatic heterocycles. The SMILES string of the molecule is O=[N+]([O-])c1ccc(SCCCc2cccc[n+]2[O-])c([N+](=O)[O-])c1. The minimum Gasteiger partial charge on any atom is -0.619 e. The van der Waals surface area contributed by atoms with Crippen molar-refractivity contribution >= 4 is 23.1 Å². The number of nitro groups is 2. The van der Waals surface area contributed by atoms with E-state index in [9.17, 15) is 25.4 Å². The van der Waals surface area contributed by atoms with Crippen LogP contribution in [-0.2, 0) is 6.42 Å². The predicted molar refractivity (Wildman–Crippen MR) is 84.2 cm³/mol. The van der Waals surface area contributed by atoms with Crippen LogP contribution in [0.3, 0.4) is 0 Å². The fourth-order valence-electron chi connectivity index (χ4n) is 1.98. The van der Waals surface area contributed by atoms with E-state index in [-0.39, 0.29) is 11.4 Å². The molecule has 0 aliphatic carbocycles. The Hall–Kier alpha value is -2.68. The molecule has 0 radical (unpaired) electrons. The van der Waals surface area contributed by atoms with Crippen LogP contribution in [0.25, 0.3) is 0 Å². The molecule has 0 unspecified atom stereocenters.